The Hall–Kier alpha value is -3.55. The number of amides is 2. The minimum Gasteiger partial charge on any atom is -0.454 e. The minimum absolute atomic E-state index is 0.104. The average molecular weight is 408 g/mol. The van der Waals surface area contributed by atoms with E-state index < -0.39 is 6.04 Å². The molecule has 0 bridgehead atoms. The topological polar surface area (TPSA) is 92.3 Å². The Balaban J connectivity index is 1.45. The number of hydrazine groups is 1. The lowest BCUT2D eigenvalue weighted by Crippen LogP contribution is -2.58. The zero-order valence-electron chi connectivity index (χ0n) is 17.1. The van der Waals surface area contributed by atoms with E-state index in [0.29, 0.717) is 18.0 Å². The zero-order valence-corrected chi connectivity index (χ0v) is 17.1. The molecule has 8 nitrogen and oxygen atoms in total. The van der Waals surface area contributed by atoms with E-state index in [4.69, 9.17) is 9.47 Å². The molecule has 2 aliphatic heterocycles. The van der Waals surface area contributed by atoms with Gasteiger partial charge in [-0.1, -0.05) is 38.1 Å². The fraction of sp³-hybridized carbons (Fsp3) is 0.318. The summed E-state index contributed by atoms with van der Waals surface area (Å²) in [7, 11) is 0. The highest BCUT2D eigenvalue weighted by Crippen LogP contribution is 2.36. The van der Waals surface area contributed by atoms with Gasteiger partial charge in [-0.15, -0.1) is 0 Å². The maximum Gasteiger partial charge on any atom is 0.288 e. The van der Waals surface area contributed by atoms with Crippen molar-refractivity contribution in [3.63, 3.8) is 0 Å². The molecule has 4 rings (SSSR count). The quantitative estimate of drug-likeness (QED) is 0.791. The Morgan fingerprint density at radius 1 is 1.20 bits per heavy atom. The van der Waals surface area contributed by atoms with Crippen LogP contribution in [0.2, 0.25) is 0 Å². The number of para-hydroxylation sites is 1. The Kier molecular flexibility index (Phi) is 5.07. The summed E-state index contributed by atoms with van der Waals surface area (Å²) in [5, 5.41) is 4.28. The first-order chi connectivity index (χ1) is 14.3. The van der Waals surface area contributed by atoms with Crippen molar-refractivity contribution in [3.05, 3.63) is 54.1 Å². The van der Waals surface area contributed by atoms with Gasteiger partial charge in [0.05, 0.1) is 5.69 Å². The van der Waals surface area contributed by atoms with E-state index in [0.717, 1.165) is 11.3 Å². The van der Waals surface area contributed by atoms with Gasteiger partial charge in [-0.25, -0.2) is 10.0 Å². The molecule has 2 aliphatic rings. The van der Waals surface area contributed by atoms with Crippen LogP contribution in [0.5, 0.6) is 11.5 Å². The molecule has 2 aromatic rings. The van der Waals surface area contributed by atoms with Gasteiger partial charge in [0, 0.05) is 12.0 Å². The fourth-order valence-electron chi connectivity index (χ4n) is 3.31. The van der Waals surface area contributed by atoms with Crippen LogP contribution < -0.4 is 25.2 Å². The lowest BCUT2D eigenvalue weighted by molar-refractivity contribution is -0.120. The third-order valence-corrected chi connectivity index (χ3v) is 5.19. The molecule has 2 amide bonds. The van der Waals surface area contributed by atoms with Crippen LogP contribution in [-0.2, 0) is 15.0 Å². The van der Waals surface area contributed by atoms with E-state index in [2.05, 4.69) is 15.7 Å². The largest absolute Gasteiger partial charge is 0.454 e. The standard InChI is InChI=1S/C22H24N4O4/c1-14-21(28)26(16-7-5-4-6-8-16)25-19(24-14)20(27)23-12-22(2,3)15-9-10-17-18(11-15)30-13-29-17/h4-11,14H,12-13H2,1-3H3,(H,23,27)(H,24,25). The van der Waals surface area contributed by atoms with Crippen molar-refractivity contribution in [3.8, 4) is 11.5 Å². The number of hydrogen-bond donors (Lipinski definition) is 2. The third-order valence-electron chi connectivity index (χ3n) is 5.19. The van der Waals surface area contributed by atoms with Crippen molar-refractivity contribution >= 4 is 23.3 Å². The maximum atomic E-state index is 12.8. The Labute approximate surface area is 174 Å². The molecule has 8 heteroatoms. The first-order valence-corrected chi connectivity index (χ1v) is 9.77. The number of rotatable bonds is 5. The van der Waals surface area contributed by atoms with Gasteiger partial charge in [-0.05, 0) is 36.8 Å². The third kappa shape index (κ3) is 3.80. The van der Waals surface area contributed by atoms with E-state index in [1.54, 1.807) is 19.1 Å². The molecule has 0 aromatic heterocycles. The molecule has 0 radical (unpaired) electrons. The molecule has 0 saturated carbocycles. The summed E-state index contributed by atoms with van der Waals surface area (Å²) < 4.78 is 10.8. The fourth-order valence-corrected chi connectivity index (χ4v) is 3.31. The minimum atomic E-state index is -0.658. The summed E-state index contributed by atoms with van der Waals surface area (Å²) in [6.07, 6.45) is 0. The lowest BCUT2D eigenvalue weighted by atomic mass is 9.84. The van der Waals surface area contributed by atoms with Gasteiger partial charge in [0.1, 0.15) is 6.04 Å². The number of fused-ring (bicyclic) bond motifs is 1. The lowest BCUT2D eigenvalue weighted by Gasteiger charge is -2.31. The first kappa shape index (κ1) is 19.8. The van der Waals surface area contributed by atoms with Crippen LogP contribution >= 0.6 is 0 Å². The van der Waals surface area contributed by atoms with Crippen molar-refractivity contribution in [1.82, 2.24) is 10.7 Å². The molecule has 156 valence electrons. The number of benzene rings is 2. The number of nitrogens with zero attached hydrogens (tertiary/aromatic N) is 2. The monoisotopic (exact) mass is 408 g/mol. The molecule has 0 spiro atoms. The van der Waals surface area contributed by atoms with Crippen LogP contribution in [-0.4, -0.2) is 37.0 Å². The molecular formula is C22H24N4O4. The highest BCUT2D eigenvalue weighted by Gasteiger charge is 2.32. The van der Waals surface area contributed by atoms with E-state index in [9.17, 15) is 9.59 Å². The molecule has 2 N–H and O–H groups in total. The second-order valence-corrected chi connectivity index (χ2v) is 7.91. The molecule has 2 heterocycles. The summed E-state index contributed by atoms with van der Waals surface area (Å²) in [5.41, 5.74) is 4.15. The van der Waals surface area contributed by atoms with Crippen molar-refractivity contribution in [2.45, 2.75) is 32.2 Å². The maximum absolute atomic E-state index is 12.8. The number of amidine groups is 1. The number of anilines is 1. The number of carbonyl (C=O) groups is 2. The normalized spacial score (nSPS) is 18.0. The van der Waals surface area contributed by atoms with Crippen LogP contribution in [0.1, 0.15) is 26.3 Å². The van der Waals surface area contributed by atoms with E-state index in [1.807, 2.05) is 50.2 Å². The first-order valence-electron chi connectivity index (χ1n) is 9.77. The smallest absolute Gasteiger partial charge is 0.288 e. The molecule has 0 saturated heterocycles. The van der Waals surface area contributed by atoms with Crippen LogP contribution in [0, 0.1) is 0 Å². The molecule has 1 unspecified atom stereocenters. The predicted molar refractivity (Wildman–Crippen MR) is 113 cm³/mol. The molecule has 30 heavy (non-hydrogen) atoms. The van der Waals surface area contributed by atoms with E-state index >= 15 is 0 Å². The van der Waals surface area contributed by atoms with Crippen molar-refractivity contribution in [1.29, 1.82) is 0 Å². The van der Waals surface area contributed by atoms with Gasteiger partial charge in [0.15, 0.2) is 11.5 Å². The summed E-state index contributed by atoms with van der Waals surface area (Å²) in [6, 6.07) is 14.2. The van der Waals surface area contributed by atoms with Crippen LogP contribution in [0.15, 0.2) is 53.5 Å². The molecule has 0 aliphatic carbocycles. The molecule has 1 atom stereocenters. The van der Waals surface area contributed by atoms with Gasteiger partial charge >= 0.3 is 0 Å². The summed E-state index contributed by atoms with van der Waals surface area (Å²) >= 11 is 0. The van der Waals surface area contributed by atoms with Crippen LogP contribution in [0.3, 0.4) is 0 Å². The van der Waals surface area contributed by atoms with E-state index in [1.165, 1.54) is 5.01 Å². The van der Waals surface area contributed by atoms with Gasteiger partial charge in [0.25, 0.3) is 11.8 Å². The SMILES string of the molecule is CC1N=C(C(=O)NCC(C)(C)c2ccc3c(c2)OCO3)NN(c2ccccc2)C1=O. The summed E-state index contributed by atoms with van der Waals surface area (Å²) in [6.45, 7) is 6.33. The van der Waals surface area contributed by atoms with Crippen molar-refractivity contribution in [2.75, 3.05) is 18.3 Å². The molecule has 2 aromatic carbocycles. The average Bonchev–Trinajstić information content (AvgIpc) is 3.22. The van der Waals surface area contributed by atoms with Crippen molar-refractivity contribution < 1.29 is 19.1 Å². The number of nitrogens with one attached hydrogen (secondary N) is 2. The number of aliphatic imine (C=N–C) groups is 1. The van der Waals surface area contributed by atoms with Crippen LogP contribution in [0.25, 0.3) is 0 Å². The molecular weight excluding hydrogens is 384 g/mol. The Morgan fingerprint density at radius 3 is 2.70 bits per heavy atom. The van der Waals surface area contributed by atoms with Crippen LogP contribution in [0.4, 0.5) is 5.69 Å². The Bertz CT molecular complexity index is 1000. The zero-order chi connectivity index (χ0) is 21.3. The van der Waals surface area contributed by atoms with Gasteiger partial charge in [0.2, 0.25) is 12.6 Å². The van der Waals surface area contributed by atoms with Gasteiger partial charge < -0.3 is 14.8 Å². The number of ether oxygens (including phenoxy) is 2. The van der Waals surface area contributed by atoms with Gasteiger partial charge in [-0.2, -0.15) is 0 Å². The highest BCUT2D eigenvalue weighted by molar-refractivity contribution is 6.39. The Morgan fingerprint density at radius 2 is 1.93 bits per heavy atom. The van der Waals surface area contributed by atoms with Crippen molar-refractivity contribution in [2.24, 2.45) is 4.99 Å². The second-order valence-electron chi connectivity index (χ2n) is 7.91. The molecule has 0 fully saturated rings. The van der Waals surface area contributed by atoms with Gasteiger partial charge in [-0.3, -0.25) is 15.0 Å². The summed E-state index contributed by atoms with van der Waals surface area (Å²) in [4.78, 5) is 29.5. The number of hydrogen-bond acceptors (Lipinski definition) is 6. The summed E-state index contributed by atoms with van der Waals surface area (Å²) in [5.74, 6) is 0.935. The highest BCUT2D eigenvalue weighted by atomic mass is 16.7. The second kappa shape index (κ2) is 7.70. The predicted octanol–water partition coefficient (Wildman–Crippen LogP) is 2.15. The van der Waals surface area contributed by atoms with E-state index in [-0.39, 0.29) is 29.9 Å². The number of carbonyl (C=O) groups excluding carboxylic acids is 2.